The molecule has 0 saturated carbocycles. The van der Waals surface area contributed by atoms with E-state index in [2.05, 4.69) is 44.6 Å². The van der Waals surface area contributed by atoms with Crippen molar-refractivity contribution in [2.75, 3.05) is 5.32 Å². The number of anilines is 1. The van der Waals surface area contributed by atoms with Gasteiger partial charge in [-0.15, -0.1) is 10.2 Å². The molecule has 0 unspecified atom stereocenters. The summed E-state index contributed by atoms with van der Waals surface area (Å²) in [7, 11) is 0. The first-order chi connectivity index (χ1) is 14.5. The summed E-state index contributed by atoms with van der Waals surface area (Å²) in [5.41, 5.74) is 1.72. The maximum Gasteiger partial charge on any atom is 0.243 e. The van der Waals surface area contributed by atoms with Crippen molar-refractivity contribution >= 4 is 5.95 Å². The molecule has 0 amide bonds. The van der Waals surface area contributed by atoms with Gasteiger partial charge in [0.1, 0.15) is 17.6 Å². The van der Waals surface area contributed by atoms with Crippen molar-refractivity contribution < 1.29 is 9.50 Å². The van der Waals surface area contributed by atoms with Crippen molar-refractivity contribution in [2.45, 2.75) is 64.3 Å². The summed E-state index contributed by atoms with van der Waals surface area (Å²) >= 11 is 0. The minimum atomic E-state index is -1.12. The van der Waals surface area contributed by atoms with Crippen LogP contribution < -0.4 is 10.6 Å². The number of rotatable bonds is 4. The highest BCUT2D eigenvalue weighted by Crippen LogP contribution is 2.33. The standard InChI is InChI=1S/C22H28FN7O/c1-13-11-30(12-25-13)14-6-7-15(18(31)8-14)17-10-24-20(28-27-17)26-16-9-21(2,3)29-22(4,5)19(16)23/h6-8,10-12,16,19,29,31H,9H2,1-5H3,(H,24,26,28)/t16-,19-/m0/s1. The third kappa shape index (κ3) is 4.36. The Morgan fingerprint density at radius 3 is 2.58 bits per heavy atom. The molecule has 0 bridgehead atoms. The Morgan fingerprint density at radius 1 is 1.19 bits per heavy atom. The molecule has 1 saturated heterocycles. The molecule has 3 heterocycles. The summed E-state index contributed by atoms with van der Waals surface area (Å²) in [5, 5.41) is 25.2. The maximum absolute atomic E-state index is 15.0. The van der Waals surface area contributed by atoms with Crippen molar-refractivity contribution in [1.29, 1.82) is 0 Å². The normalized spacial score (nSPS) is 22.3. The van der Waals surface area contributed by atoms with Gasteiger partial charge in [0.05, 0.1) is 29.9 Å². The lowest BCUT2D eigenvalue weighted by Crippen LogP contribution is -2.67. The molecule has 0 spiro atoms. The number of alkyl halides is 1. The number of phenolic OH excluding ortho intramolecular Hbond substituents is 1. The third-order valence-electron chi connectivity index (χ3n) is 5.58. The van der Waals surface area contributed by atoms with Gasteiger partial charge in [0.2, 0.25) is 5.95 Å². The lowest BCUT2D eigenvalue weighted by Gasteiger charge is -2.48. The number of nitrogens with zero attached hydrogens (tertiary/aromatic N) is 5. The highest BCUT2D eigenvalue weighted by atomic mass is 19.1. The van der Waals surface area contributed by atoms with Gasteiger partial charge >= 0.3 is 0 Å². The van der Waals surface area contributed by atoms with E-state index in [1.165, 1.54) is 6.20 Å². The molecule has 1 fully saturated rings. The van der Waals surface area contributed by atoms with Gasteiger partial charge in [-0.2, -0.15) is 0 Å². The van der Waals surface area contributed by atoms with E-state index in [4.69, 9.17) is 0 Å². The van der Waals surface area contributed by atoms with Gasteiger partial charge in [-0.25, -0.2) is 14.4 Å². The highest BCUT2D eigenvalue weighted by Gasteiger charge is 2.46. The summed E-state index contributed by atoms with van der Waals surface area (Å²) in [6.45, 7) is 9.71. The number of hydrogen-bond donors (Lipinski definition) is 3. The van der Waals surface area contributed by atoms with E-state index >= 15 is 0 Å². The van der Waals surface area contributed by atoms with Crippen LogP contribution in [0.4, 0.5) is 10.3 Å². The average Bonchev–Trinajstić information content (AvgIpc) is 3.12. The Balaban J connectivity index is 1.52. The molecule has 9 heteroatoms. The monoisotopic (exact) mass is 425 g/mol. The first kappa shape index (κ1) is 21.2. The molecular weight excluding hydrogens is 397 g/mol. The van der Waals surface area contributed by atoms with Crippen LogP contribution in [0.3, 0.4) is 0 Å². The Morgan fingerprint density at radius 2 is 1.97 bits per heavy atom. The lowest BCUT2D eigenvalue weighted by molar-refractivity contribution is 0.0654. The van der Waals surface area contributed by atoms with Crippen molar-refractivity contribution in [3.63, 3.8) is 0 Å². The van der Waals surface area contributed by atoms with Crippen LogP contribution in [0.25, 0.3) is 16.9 Å². The minimum absolute atomic E-state index is 0.0614. The minimum Gasteiger partial charge on any atom is -0.507 e. The SMILES string of the molecule is Cc1cn(-c2ccc(-c3cnc(N[C@H]4CC(C)(C)NC(C)(C)[C@H]4F)nn3)c(O)c2)cn1. The van der Waals surface area contributed by atoms with Crippen LogP contribution >= 0.6 is 0 Å². The van der Waals surface area contributed by atoms with E-state index in [0.29, 0.717) is 17.7 Å². The first-order valence-corrected chi connectivity index (χ1v) is 10.3. The molecule has 31 heavy (non-hydrogen) atoms. The fourth-order valence-corrected chi connectivity index (χ4v) is 4.36. The van der Waals surface area contributed by atoms with Crippen molar-refractivity contribution in [3.05, 3.63) is 42.6 Å². The van der Waals surface area contributed by atoms with Crippen LogP contribution in [-0.4, -0.2) is 53.1 Å². The average molecular weight is 426 g/mol. The molecule has 0 aliphatic carbocycles. The van der Waals surface area contributed by atoms with Crippen molar-refractivity contribution in [1.82, 2.24) is 30.0 Å². The third-order valence-corrected chi connectivity index (χ3v) is 5.58. The number of hydrogen-bond acceptors (Lipinski definition) is 7. The summed E-state index contributed by atoms with van der Waals surface area (Å²) in [6, 6.07) is 4.81. The number of aromatic nitrogens is 5. The Labute approximate surface area is 181 Å². The largest absolute Gasteiger partial charge is 0.507 e. The molecule has 1 aliphatic rings. The molecule has 3 aromatic rings. The zero-order valence-electron chi connectivity index (χ0n) is 18.4. The van der Waals surface area contributed by atoms with Gasteiger partial charge < -0.3 is 20.3 Å². The van der Waals surface area contributed by atoms with Gasteiger partial charge in [0, 0.05) is 28.9 Å². The summed E-state index contributed by atoms with van der Waals surface area (Å²) in [5.74, 6) is 0.321. The second-order valence-electron chi connectivity index (χ2n) is 9.38. The number of halogens is 1. The lowest BCUT2D eigenvalue weighted by atomic mass is 9.78. The molecule has 164 valence electrons. The predicted molar refractivity (Wildman–Crippen MR) is 117 cm³/mol. The van der Waals surface area contributed by atoms with Gasteiger partial charge in [0.15, 0.2) is 0 Å². The Hall–Kier alpha value is -3.07. The molecule has 0 radical (unpaired) electrons. The zero-order chi connectivity index (χ0) is 22.4. The van der Waals surface area contributed by atoms with Crippen LogP contribution in [0.2, 0.25) is 0 Å². The van der Waals surface area contributed by atoms with E-state index in [9.17, 15) is 9.50 Å². The first-order valence-electron chi connectivity index (χ1n) is 10.3. The fourth-order valence-electron chi connectivity index (χ4n) is 4.36. The quantitative estimate of drug-likeness (QED) is 0.589. The summed E-state index contributed by atoms with van der Waals surface area (Å²) in [4.78, 5) is 8.50. The zero-order valence-corrected chi connectivity index (χ0v) is 18.4. The van der Waals surface area contributed by atoms with E-state index in [1.54, 1.807) is 18.5 Å². The van der Waals surface area contributed by atoms with Gasteiger partial charge in [-0.05, 0) is 53.2 Å². The summed E-state index contributed by atoms with van der Waals surface area (Å²) < 4.78 is 16.8. The molecule has 8 nitrogen and oxygen atoms in total. The molecule has 3 N–H and O–H groups in total. The van der Waals surface area contributed by atoms with E-state index in [1.807, 2.05) is 37.6 Å². The van der Waals surface area contributed by atoms with E-state index < -0.39 is 17.8 Å². The molecule has 4 rings (SSSR count). The highest BCUT2D eigenvalue weighted by molar-refractivity contribution is 5.68. The van der Waals surface area contributed by atoms with Crippen LogP contribution in [0.1, 0.15) is 39.8 Å². The second kappa shape index (κ2) is 7.56. The van der Waals surface area contributed by atoms with Crippen molar-refractivity contribution in [2.24, 2.45) is 0 Å². The number of benzene rings is 1. The number of aryl methyl sites for hydroxylation is 1. The molecular formula is C22H28FN7O. The van der Waals surface area contributed by atoms with Gasteiger partial charge in [-0.1, -0.05) is 0 Å². The molecule has 1 aromatic carbocycles. The smallest absolute Gasteiger partial charge is 0.243 e. The fraction of sp³-hybridized carbons (Fsp3) is 0.455. The number of phenols is 1. The number of nitrogens with one attached hydrogen (secondary N) is 2. The summed E-state index contributed by atoms with van der Waals surface area (Å²) in [6.07, 6.45) is 4.55. The maximum atomic E-state index is 15.0. The van der Waals surface area contributed by atoms with E-state index in [-0.39, 0.29) is 17.2 Å². The molecule has 1 aliphatic heterocycles. The molecule has 2 atom stereocenters. The van der Waals surface area contributed by atoms with Gasteiger partial charge in [-0.3, -0.25) is 0 Å². The van der Waals surface area contributed by atoms with Crippen LogP contribution in [0.15, 0.2) is 36.9 Å². The Bertz CT molecular complexity index is 1080. The van der Waals surface area contributed by atoms with Gasteiger partial charge in [0.25, 0.3) is 0 Å². The Kier molecular flexibility index (Phi) is 5.17. The number of imidazole rings is 1. The van der Waals surface area contributed by atoms with Crippen LogP contribution in [0, 0.1) is 6.92 Å². The predicted octanol–water partition coefficient (Wildman–Crippen LogP) is 3.41. The van der Waals surface area contributed by atoms with Crippen LogP contribution in [-0.2, 0) is 0 Å². The topological polar surface area (TPSA) is 101 Å². The van der Waals surface area contributed by atoms with Crippen LogP contribution in [0.5, 0.6) is 5.75 Å². The van der Waals surface area contributed by atoms with Crippen molar-refractivity contribution in [3.8, 4) is 22.7 Å². The van der Waals surface area contributed by atoms with E-state index in [0.717, 1.165) is 11.4 Å². The number of piperidine rings is 1. The number of aromatic hydroxyl groups is 1. The second-order valence-corrected chi connectivity index (χ2v) is 9.38. The molecule has 2 aromatic heterocycles.